The predicted octanol–water partition coefficient (Wildman–Crippen LogP) is 4.59. The molecule has 5 heteroatoms. The minimum Gasteiger partial charge on any atom is -0.144 e. The molecule has 0 amide bonds. The fourth-order valence-corrected chi connectivity index (χ4v) is 3.71. The van der Waals surface area contributed by atoms with Gasteiger partial charge in [0.2, 0.25) is 0 Å². The zero-order chi connectivity index (χ0) is 12.7. The second-order valence-electron chi connectivity index (χ2n) is 3.12. The molecule has 0 bridgehead atoms. The quantitative estimate of drug-likeness (QED) is 0.532. The van der Waals surface area contributed by atoms with Crippen molar-refractivity contribution < 1.29 is 0 Å². The molecule has 0 aliphatic rings. The van der Waals surface area contributed by atoms with Gasteiger partial charge in [-0.2, -0.15) is 0 Å². The largest absolute Gasteiger partial charge is 0.268 e. The van der Waals surface area contributed by atoms with Gasteiger partial charge in [0.05, 0.1) is 0 Å². The summed E-state index contributed by atoms with van der Waals surface area (Å²) in [7, 11) is -1.76. The molecule has 90 valence electrons. The molecule has 0 fully saturated rings. The summed E-state index contributed by atoms with van der Waals surface area (Å²) in [6, 6.07) is 16.8. The highest BCUT2D eigenvalue weighted by Crippen LogP contribution is 2.08. The van der Waals surface area contributed by atoms with Gasteiger partial charge in [-0.3, -0.25) is 0 Å². The average molecular weight is 324 g/mol. The van der Waals surface area contributed by atoms with E-state index in [0.717, 1.165) is 10.2 Å². The summed E-state index contributed by atoms with van der Waals surface area (Å²) >= 11 is 22.8. The fraction of sp³-hybridized carbons (Fsp3) is 0. The van der Waals surface area contributed by atoms with E-state index in [1.54, 1.807) is 6.07 Å². The van der Waals surface area contributed by atoms with Crippen LogP contribution < -0.4 is 5.19 Å². The summed E-state index contributed by atoms with van der Waals surface area (Å²) < 4.78 is 0. The summed E-state index contributed by atoms with van der Waals surface area (Å²) in [5.41, 5.74) is 0. The van der Waals surface area contributed by atoms with Crippen molar-refractivity contribution in [2.75, 3.05) is 0 Å². The standard InChI is InChI=1S/C6H5Cl3Si.C6H5Cl/c7-5-3-1-2-4-6(5)10(8)9;7-6-4-2-1-3-5-6/h1-4,10H;1-5H. The Hall–Kier alpha value is -0.183. The van der Waals surface area contributed by atoms with Crippen LogP contribution in [0.4, 0.5) is 0 Å². The van der Waals surface area contributed by atoms with E-state index >= 15 is 0 Å². The van der Waals surface area contributed by atoms with E-state index in [-0.39, 0.29) is 0 Å². The minimum absolute atomic E-state index is 0.671. The van der Waals surface area contributed by atoms with Gasteiger partial charge in [-0.25, -0.2) is 0 Å². The van der Waals surface area contributed by atoms with E-state index in [4.69, 9.17) is 45.4 Å². The van der Waals surface area contributed by atoms with Crippen molar-refractivity contribution in [3.63, 3.8) is 0 Å². The lowest BCUT2D eigenvalue weighted by molar-refractivity contribution is 1.71. The van der Waals surface area contributed by atoms with Crippen molar-refractivity contribution in [2.24, 2.45) is 0 Å². The van der Waals surface area contributed by atoms with E-state index in [2.05, 4.69) is 0 Å². The summed E-state index contributed by atoms with van der Waals surface area (Å²) in [5, 5.41) is 2.36. The molecule has 0 nitrogen and oxygen atoms in total. The average Bonchev–Trinajstić information content (AvgIpc) is 2.31. The van der Waals surface area contributed by atoms with E-state index < -0.39 is 7.42 Å². The summed E-state index contributed by atoms with van der Waals surface area (Å²) in [5.74, 6) is 0. The molecule has 2 rings (SSSR count). The molecule has 0 aliphatic heterocycles. The first kappa shape index (κ1) is 14.9. The van der Waals surface area contributed by atoms with Gasteiger partial charge in [-0.15, -0.1) is 22.2 Å². The summed E-state index contributed by atoms with van der Waals surface area (Å²) in [6.45, 7) is 0. The summed E-state index contributed by atoms with van der Waals surface area (Å²) in [6.07, 6.45) is 0. The maximum Gasteiger partial charge on any atom is 0.268 e. The molecular weight excluding hydrogens is 314 g/mol. The minimum atomic E-state index is -1.76. The zero-order valence-electron chi connectivity index (χ0n) is 8.79. The maximum atomic E-state index is 5.79. The van der Waals surface area contributed by atoms with Crippen molar-refractivity contribution in [3.05, 3.63) is 64.6 Å². The van der Waals surface area contributed by atoms with Gasteiger partial charge in [-0.1, -0.05) is 59.6 Å². The first-order valence-corrected chi connectivity index (χ1v) is 9.67. The molecule has 0 unspecified atom stereocenters. The molecule has 2 aromatic rings. The van der Waals surface area contributed by atoms with Gasteiger partial charge in [0.25, 0.3) is 7.42 Å². The van der Waals surface area contributed by atoms with Crippen LogP contribution in [0.3, 0.4) is 0 Å². The van der Waals surface area contributed by atoms with Crippen LogP contribution in [0.5, 0.6) is 0 Å². The van der Waals surface area contributed by atoms with Gasteiger partial charge in [-0.05, 0) is 23.4 Å². The first-order chi connectivity index (χ1) is 8.11. The molecule has 2 aromatic carbocycles. The Bertz CT molecular complexity index is 445. The van der Waals surface area contributed by atoms with E-state index in [9.17, 15) is 0 Å². The van der Waals surface area contributed by atoms with E-state index in [1.807, 2.05) is 48.5 Å². The molecule has 0 aliphatic carbocycles. The van der Waals surface area contributed by atoms with Crippen molar-refractivity contribution in [2.45, 2.75) is 0 Å². The summed E-state index contributed by atoms with van der Waals surface area (Å²) in [4.78, 5) is 0. The second-order valence-corrected chi connectivity index (χ2v) is 8.47. The van der Waals surface area contributed by atoms with E-state index in [1.165, 1.54) is 0 Å². The molecule has 0 atom stereocenters. The van der Waals surface area contributed by atoms with Crippen LogP contribution in [-0.2, 0) is 0 Å². The van der Waals surface area contributed by atoms with Gasteiger partial charge < -0.3 is 0 Å². The van der Waals surface area contributed by atoms with Gasteiger partial charge in [0.15, 0.2) is 0 Å². The van der Waals surface area contributed by atoms with Crippen LogP contribution in [-0.4, -0.2) is 7.42 Å². The van der Waals surface area contributed by atoms with Crippen LogP contribution in [0.2, 0.25) is 10.0 Å². The molecule has 0 saturated carbocycles. The Morgan fingerprint density at radius 3 is 1.59 bits per heavy atom. The smallest absolute Gasteiger partial charge is 0.144 e. The second kappa shape index (κ2) is 8.01. The number of hydrogen-bond donors (Lipinski definition) is 0. The highest BCUT2D eigenvalue weighted by Gasteiger charge is 2.08. The molecule has 0 spiro atoms. The number of hydrogen-bond acceptors (Lipinski definition) is 0. The Morgan fingerprint density at radius 2 is 1.24 bits per heavy atom. The molecule has 17 heavy (non-hydrogen) atoms. The Balaban J connectivity index is 0.000000181. The van der Waals surface area contributed by atoms with Crippen molar-refractivity contribution in [3.8, 4) is 0 Å². The van der Waals surface area contributed by atoms with Gasteiger partial charge in [0, 0.05) is 10.0 Å². The van der Waals surface area contributed by atoms with Gasteiger partial charge in [0.1, 0.15) is 0 Å². The topological polar surface area (TPSA) is 0 Å². The number of halogens is 4. The highest BCUT2D eigenvalue weighted by molar-refractivity contribution is 7.39. The van der Waals surface area contributed by atoms with Gasteiger partial charge >= 0.3 is 0 Å². The first-order valence-electron chi connectivity index (χ1n) is 4.84. The molecular formula is C12H10Cl4Si. The Morgan fingerprint density at radius 1 is 0.706 bits per heavy atom. The molecule has 0 saturated heterocycles. The SMILES string of the molecule is Clc1ccccc1.Clc1ccccc1[SiH](Cl)Cl. The number of benzene rings is 2. The lowest BCUT2D eigenvalue weighted by Gasteiger charge is -2.00. The third-order valence-electron chi connectivity index (χ3n) is 1.87. The third-order valence-corrected chi connectivity index (χ3v) is 5.04. The maximum absolute atomic E-state index is 5.79. The van der Waals surface area contributed by atoms with Crippen molar-refractivity contribution in [1.82, 2.24) is 0 Å². The zero-order valence-corrected chi connectivity index (χ0v) is 13.0. The lowest BCUT2D eigenvalue weighted by atomic mass is 10.4. The third kappa shape index (κ3) is 5.80. The van der Waals surface area contributed by atoms with E-state index in [0.29, 0.717) is 5.02 Å². The highest BCUT2D eigenvalue weighted by atomic mass is 35.7. The normalized spacial score (nSPS) is 9.71. The van der Waals surface area contributed by atoms with Crippen LogP contribution in [0.15, 0.2) is 54.6 Å². The molecule has 0 N–H and O–H groups in total. The van der Waals surface area contributed by atoms with Crippen LogP contribution >= 0.6 is 45.4 Å². The Kier molecular flexibility index (Phi) is 7.01. The van der Waals surface area contributed by atoms with Crippen LogP contribution in [0.1, 0.15) is 0 Å². The number of rotatable bonds is 1. The van der Waals surface area contributed by atoms with Crippen LogP contribution in [0, 0.1) is 0 Å². The van der Waals surface area contributed by atoms with Crippen molar-refractivity contribution >= 4 is 58.0 Å². The monoisotopic (exact) mass is 322 g/mol. The molecule has 0 heterocycles. The molecule has 0 aromatic heterocycles. The lowest BCUT2D eigenvalue weighted by Crippen LogP contribution is -2.18. The van der Waals surface area contributed by atoms with Crippen molar-refractivity contribution in [1.29, 1.82) is 0 Å². The predicted molar refractivity (Wildman–Crippen MR) is 81.4 cm³/mol. The Labute approximate surface area is 122 Å². The molecule has 0 radical (unpaired) electrons. The van der Waals surface area contributed by atoms with Crippen LogP contribution in [0.25, 0.3) is 0 Å². The fourth-order valence-electron chi connectivity index (χ4n) is 1.07.